The molecule has 0 bridgehead atoms. The second-order valence-electron chi connectivity index (χ2n) is 3.73. The third-order valence-corrected chi connectivity index (χ3v) is 2.70. The van der Waals surface area contributed by atoms with Gasteiger partial charge in [0.2, 0.25) is 0 Å². The Hall–Kier alpha value is -1.83. The molecule has 0 fully saturated rings. The van der Waals surface area contributed by atoms with E-state index in [1.54, 1.807) is 0 Å². The van der Waals surface area contributed by atoms with Gasteiger partial charge in [-0.2, -0.15) is 0 Å². The molecular formula is C14H16N2. The molecule has 0 amide bonds. The highest BCUT2D eigenvalue weighted by Gasteiger charge is 1.98. The van der Waals surface area contributed by atoms with E-state index in [0.717, 1.165) is 23.4 Å². The first-order chi connectivity index (χ1) is 7.83. The number of rotatable bonds is 3. The van der Waals surface area contributed by atoms with Gasteiger partial charge in [0.05, 0.1) is 5.69 Å². The Morgan fingerprint density at radius 1 is 1.06 bits per heavy atom. The summed E-state index contributed by atoms with van der Waals surface area (Å²) in [5, 5.41) is 3.10. The van der Waals surface area contributed by atoms with Gasteiger partial charge in [-0.05, 0) is 30.2 Å². The van der Waals surface area contributed by atoms with Crippen LogP contribution in [0.2, 0.25) is 0 Å². The van der Waals surface area contributed by atoms with Gasteiger partial charge < -0.3 is 5.32 Å². The van der Waals surface area contributed by atoms with Crippen molar-refractivity contribution in [2.24, 2.45) is 0 Å². The largest absolute Gasteiger partial charge is 0.388 e. The molecule has 1 aromatic carbocycles. The average molecular weight is 212 g/mol. The van der Waals surface area contributed by atoms with Crippen LogP contribution in [0.3, 0.4) is 0 Å². The first kappa shape index (κ1) is 10.7. The van der Waals surface area contributed by atoms with Gasteiger partial charge in [0.15, 0.2) is 0 Å². The third kappa shape index (κ3) is 2.22. The van der Waals surface area contributed by atoms with Gasteiger partial charge in [0.1, 0.15) is 0 Å². The summed E-state index contributed by atoms with van der Waals surface area (Å²) in [4.78, 5) is 4.45. The lowest BCUT2D eigenvalue weighted by atomic mass is 10.1. The lowest BCUT2D eigenvalue weighted by Crippen LogP contribution is -1.89. The van der Waals surface area contributed by atoms with Crippen LogP contribution in [0.4, 0.5) is 5.69 Å². The van der Waals surface area contributed by atoms with Crippen LogP contribution in [0.1, 0.15) is 12.5 Å². The highest BCUT2D eigenvalue weighted by Crippen LogP contribution is 2.19. The van der Waals surface area contributed by atoms with Crippen LogP contribution in [-0.2, 0) is 6.42 Å². The van der Waals surface area contributed by atoms with E-state index in [1.165, 1.54) is 5.56 Å². The normalized spacial score (nSPS) is 10.1. The molecule has 0 aliphatic rings. The number of nitrogens with one attached hydrogen (secondary N) is 1. The van der Waals surface area contributed by atoms with Crippen LogP contribution in [0.15, 0.2) is 42.6 Å². The quantitative estimate of drug-likeness (QED) is 0.844. The number of aromatic nitrogens is 1. The van der Waals surface area contributed by atoms with Crippen LogP contribution < -0.4 is 5.32 Å². The molecule has 1 N–H and O–H groups in total. The minimum atomic E-state index is 1.03. The molecule has 0 saturated heterocycles. The van der Waals surface area contributed by atoms with Gasteiger partial charge in [-0.1, -0.05) is 25.1 Å². The number of aryl methyl sites for hydroxylation is 1. The number of hydrogen-bond donors (Lipinski definition) is 1. The van der Waals surface area contributed by atoms with Crippen molar-refractivity contribution in [1.29, 1.82) is 0 Å². The molecule has 2 nitrogen and oxygen atoms in total. The summed E-state index contributed by atoms with van der Waals surface area (Å²) in [7, 11) is 1.92. The molecule has 0 saturated carbocycles. The lowest BCUT2D eigenvalue weighted by molar-refractivity contribution is 1.11. The summed E-state index contributed by atoms with van der Waals surface area (Å²) in [6.45, 7) is 2.14. The number of nitrogens with zero attached hydrogens (tertiary/aromatic N) is 1. The highest BCUT2D eigenvalue weighted by atomic mass is 14.8. The fourth-order valence-corrected chi connectivity index (χ4v) is 1.61. The van der Waals surface area contributed by atoms with Crippen molar-refractivity contribution in [3.05, 3.63) is 48.2 Å². The molecule has 0 unspecified atom stereocenters. The van der Waals surface area contributed by atoms with Gasteiger partial charge in [-0.25, -0.2) is 0 Å². The third-order valence-electron chi connectivity index (χ3n) is 2.70. The summed E-state index contributed by atoms with van der Waals surface area (Å²) in [6, 6.07) is 12.5. The summed E-state index contributed by atoms with van der Waals surface area (Å²) < 4.78 is 0. The molecule has 82 valence electrons. The van der Waals surface area contributed by atoms with Crippen molar-refractivity contribution >= 4 is 5.69 Å². The van der Waals surface area contributed by atoms with Crippen molar-refractivity contribution in [3.8, 4) is 11.3 Å². The van der Waals surface area contributed by atoms with Gasteiger partial charge in [-0.15, -0.1) is 0 Å². The van der Waals surface area contributed by atoms with E-state index >= 15 is 0 Å². The minimum Gasteiger partial charge on any atom is -0.388 e. The number of anilines is 1. The molecule has 1 aromatic heterocycles. The van der Waals surface area contributed by atoms with E-state index < -0.39 is 0 Å². The van der Waals surface area contributed by atoms with Gasteiger partial charge in [0.25, 0.3) is 0 Å². The highest BCUT2D eigenvalue weighted by molar-refractivity contribution is 5.62. The Morgan fingerprint density at radius 2 is 1.81 bits per heavy atom. The molecule has 1 heterocycles. The van der Waals surface area contributed by atoms with E-state index in [-0.39, 0.29) is 0 Å². The molecule has 0 spiro atoms. The first-order valence-electron chi connectivity index (χ1n) is 5.56. The van der Waals surface area contributed by atoms with E-state index in [9.17, 15) is 0 Å². The monoisotopic (exact) mass is 212 g/mol. The summed E-state index contributed by atoms with van der Waals surface area (Å²) in [5.41, 5.74) is 4.58. The SMILES string of the molecule is CCc1ccc(-c2ccc(NC)cc2)nc1. The van der Waals surface area contributed by atoms with Crippen LogP contribution in [0, 0.1) is 0 Å². The Kier molecular flexibility index (Phi) is 3.20. The maximum absolute atomic E-state index is 4.45. The minimum absolute atomic E-state index is 1.03. The zero-order valence-electron chi connectivity index (χ0n) is 9.70. The van der Waals surface area contributed by atoms with Crippen LogP contribution in [0.25, 0.3) is 11.3 Å². The maximum Gasteiger partial charge on any atom is 0.0702 e. The maximum atomic E-state index is 4.45. The second kappa shape index (κ2) is 4.79. The van der Waals surface area contributed by atoms with Crippen molar-refractivity contribution in [3.63, 3.8) is 0 Å². The number of pyridine rings is 1. The molecule has 16 heavy (non-hydrogen) atoms. The zero-order valence-corrected chi connectivity index (χ0v) is 9.70. The lowest BCUT2D eigenvalue weighted by Gasteiger charge is -2.04. The second-order valence-corrected chi connectivity index (χ2v) is 3.73. The molecule has 0 radical (unpaired) electrons. The standard InChI is InChI=1S/C14H16N2/c1-3-11-4-9-14(16-10-11)12-5-7-13(15-2)8-6-12/h4-10,15H,3H2,1-2H3. The van der Waals surface area contributed by atoms with Crippen molar-refractivity contribution < 1.29 is 0 Å². The van der Waals surface area contributed by atoms with E-state index in [2.05, 4.69) is 53.6 Å². The van der Waals surface area contributed by atoms with Gasteiger partial charge >= 0.3 is 0 Å². The van der Waals surface area contributed by atoms with Crippen molar-refractivity contribution in [2.75, 3.05) is 12.4 Å². The van der Waals surface area contributed by atoms with E-state index in [4.69, 9.17) is 0 Å². The molecule has 2 heteroatoms. The molecular weight excluding hydrogens is 196 g/mol. The van der Waals surface area contributed by atoms with Crippen LogP contribution in [0.5, 0.6) is 0 Å². The van der Waals surface area contributed by atoms with Gasteiger partial charge in [-0.3, -0.25) is 4.98 Å². The Bertz CT molecular complexity index is 398. The number of hydrogen-bond acceptors (Lipinski definition) is 2. The molecule has 0 aliphatic heterocycles. The zero-order chi connectivity index (χ0) is 11.4. The van der Waals surface area contributed by atoms with E-state index in [0.29, 0.717) is 0 Å². The van der Waals surface area contributed by atoms with E-state index in [1.807, 2.05) is 13.2 Å². The predicted molar refractivity (Wildman–Crippen MR) is 68.6 cm³/mol. The Morgan fingerprint density at radius 3 is 2.31 bits per heavy atom. The topological polar surface area (TPSA) is 24.9 Å². The summed E-state index contributed by atoms with van der Waals surface area (Å²) in [6.07, 6.45) is 2.98. The molecule has 0 atom stereocenters. The van der Waals surface area contributed by atoms with Gasteiger partial charge in [0, 0.05) is 24.5 Å². The Balaban J connectivity index is 2.28. The fraction of sp³-hybridized carbons (Fsp3) is 0.214. The van der Waals surface area contributed by atoms with Crippen molar-refractivity contribution in [2.45, 2.75) is 13.3 Å². The molecule has 2 aromatic rings. The predicted octanol–water partition coefficient (Wildman–Crippen LogP) is 3.35. The smallest absolute Gasteiger partial charge is 0.0702 e. The summed E-state index contributed by atoms with van der Waals surface area (Å²) in [5.74, 6) is 0. The van der Waals surface area contributed by atoms with Crippen LogP contribution in [-0.4, -0.2) is 12.0 Å². The number of benzene rings is 1. The van der Waals surface area contributed by atoms with Crippen molar-refractivity contribution in [1.82, 2.24) is 4.98 Å². The summed E-state index contributed by atoms with van der Waals surface area (Å²) >= 11 is 0. The average Bonchev–Trinajstić information content (AvgIpc) is 2.39. The first-order valence-corrected chi connectivity index (χ1v) is 5.56. The molecule has 0 aliphatic carbocycles. The van der Waals surface area contributed by atoms with Crippen LogP contribution >= 0.6 is 0 Å². The Labute approximate surface area is 96.4 Å². The fourth-order valence-electron chi connectivity index (χ4n) is 1.61. The molecule has 2 rings (SSSR count).